The van der Waals surface area contributed by atoms with E-state index in [-0.39, 0.29) is 13.2 Å². The smallest absolute Gasteiger partial charge is 0.0431 e. The maximum absolute atomic E-state index is 8.30. The fraction of sp³-hybridized carbons (Fsp3) is 1.00. The SMILES string of the molecule is C1CCCCC1.CO.CO.OCCCCCCO. The summed E-state index contributed by atoms with van der Waals surface area (Å²) in [5.74, 6) is 0. The van der Waals surface area contributed by atoms with Gasteiger partial charge >= 0.3 is 0 Å². The first kappa shape index (κ1) is 23.0. The van der Waals surface area contributed by atoms with Crippen molar-refractivity contribution in [2.75, 3.05) is 27.4 Å². The lowest BCUT2D eigenvalue weighted by atomic mass is 10.0. The highest BCUT2D eigenvalue weighted by Gasteiger charge is 1.95. The second kappa shape index (κ2) is 30.1. The maximum atomic E-state index is 8.30. The molecule has 1 rings (SSSR count). The maximum Gasteiger partial charge on any atom is 0.0431 e. The van der Waals surface area contributed by atoms with Gasteiger partial charge in [-0.1, -0.05) is 51.4 Å². The van der Waals surface area contributed by atoms with Gasteiger partial charge in [0.05, 0.1) is 0 Å². The van der Waals surface area contributed by atoms with Crippen LogP contribution in [-0.2, 0) is 0 Å². The Balaban J connectivity index is -0.000000199. The Morgan fingerprint density at radius 1 is 0.500 bits per heavy atom. The number of hydrogen-bond acceptors (Lipinski definition) is 4. The van der Waals surface area contributed by atoms with Gasteiger partial charge in [-0.3, -0.25) is 0 Å². The largest absolute Gasteiger partial charge is 0.400 e. The van der Waals surface area contributed by atoms with Crippen molar-refractivity contribution in [3.8, 4) is 0 Å². The monoisotopic (exact) mass is 266 g/mol. The molecule has 1 aliphatic carbocycles. The summed E-state index contributed by atoms with van der Waals surface area (Å²) >= 11 is 0. The Morgan fingerprint density at radius 3 is 0.889 bits per heavy atom. The first-order chi connectivity index (χ1) is 8.91. The normalized spacial score (nSPS) is 13.0. The van der Waals surface area contributed by atoms with Gasteiger partial charge in [-0.25, -0.2) is 0 Å². The van der Waals surface area contributed by atoms with Crippen LogP contribution in [0, 0.1) is 0 Å². The number of hydrogen-bond donors (Lipinski definition) is 4. The molecule has 1 aliphatic rings. The second-order valence-electron chi connectivity index (χ2n) is 3.98. The molecule has 0 amide bonds. The van der Waals surface area contributed by atoms with Crippen molar-refractivity contribution >= 4 is 0 Å². The van der Waals surface area contributed by atoms with E-state index in [4.69, 9.17) is 20.4 Å². The summed E-state index contributed by atoms with van der Waals surface area (Å²) in [5, 5.41) is 30.6. The van der Waals surface area contributed by atoms with Crippen molar-refractivity contribution in [2.24, 2.45) is 0 Å². The van der Waals surface area contributed by atoms with E-state index >= 15 is 0 Å². The minimum absolute atomic E-state index is 0.283. The molecule has 0 atom stereocenters. The minimum atomic E-state index is 0.283. The van der Waals surface area contributed by atoms with E-state index in [9.17, 15) is 0 Å². The van der Waals surface area contributed by atoms with Crippen LogP contribution in [0.15, 0.2) is 0 Å². The molecule has 0 radical (unpaired) electrons. The first-order valence-electron chi connectivity index (χ1n) is 7.03. The number of unbranched alkanes of at least 4 members (excludes halogenated alkanes) is 3. The third-order valence-corrected chi connectivity index (χ3v) is 2.57. The van der Waals surface area contributed by atoms with E-state index in [1.54, 1.807) is 0 Å². The Kier molecular flexibility index (Phi) is 38.5. The second-order valence-corrected chi connectivity index (χ2v) is 3.98. The minimum Gasteiger partial charge on any atom is -0.400 e. The standard InChI is InChI=1S/C6H14O2.C6H12.2CH4O/c7-5-3-1-2-4-6-8;1-2-4-6-5-3-1;2*1-2/h7-8H,1-6H2;1-6H2;2*2H,1H3. The van der Waals surface area contributed by atoms with E-state index in [1.165, 1.54) is 38.5 Å². The van der Waals surface area contributed by atoms with Crippen LogP contribution < -0.4 is 0 Å². The van der Waals surface area contributed by atoms with Crippen LogP contribution in [0.2, 0.25) is 0 Å². The zero-order valence-electron chi connectivity index (χ0n) is 12.3. The van der Waals surface area contributed by atoms with Crippen LogP contribution >= 0.6 is 0 Å². The molecule has 4 heteroatoms. The predicted molar refractivity (Wildman–Crippen MR) is 76.6 cm³/mol. The molecule has 0 aromatic rings. The molecule has 0 heterocycles. The van der Waals surface area contributed by atoms with Crippen molar-refractivity contribution in [3.05, 3.63) is 0 Å². The van der Waals surface area contributed by atoms with Gasteiger partial charge < -0.3 is 20.4 Å². The average molecular weight is 266 g/mol. The van der Waals surface area contributed by atoms with Crippen LogP contribution in [0.5, 0.6) is 0 Å². The van der Waals surface area contributed by atoms with Crippen molar-refractivity contribution in [1.29, 1.82) is 0 Å². The van der Waals surface area contributed by atoms with Gasteiger partial charge in [0.25, 0.3) is 0 Å². The van der Waals surface area contributed by atoms with Crippen LogP contribution in [0.4, 0.5) is 0 Å². The summed E-state index contributed by atoms with van der Waals surface area (Å²) in [4.78, 5) is 0. The van der Waals surface area contributed by atoms with Crippen LogP contribution in [0.1, 0.15) is 64.2 Å². The van der Waals surface area contributed by atoms with Crippen molar-refractivity contribution in [2.45, 2.75) is 64.2 Å². The van der Waals surface area contributed by atoms with E-state index in [1.807, 2.05) is 0 Å². The summed E-state index contributed by atoms with van der Waals surface area (Å²) < 4.78 is 0. The van der Waals surface area contributed by atoms with Gasteiger partial charge in [0.2, 0.25) is 0 Å². The van der Waals surface area contributed by atoms with Gasteiger partial charge in [-0.15, -0.1) is 0 Å². The van der Waals surface area contributed by atoms with Gasteiger partial charge in [0, 0.05) is 27.4 Å². The van der Waals surface area contributed by atoms with Crippen LogP contribution in [0.25, 0.3) is 0 Å². The van der Waals surface area contributed by atoms with E-state index in [0.717, 1.165) is 39.9 Å². The number of aliphatic hydroxyl groups excluding tert-OH is 4. The lowest BCUT2D eigenvalue weighted by Gasteiger charge is -2.05. The Labute approximate surface area is 113 Å². The fourth-order valence-corrected chi connectivity index (χ4v) is 1.64. The molecule has 0 unspecified atom stereocenters. The number of aliphatic hydroxyl groups is 4. The van der Waals surface area contributed by atoms with Gasteiger partial charge in [0.15, 0.2) is 0 Å². The van der Waals surface area contributed by atoms with Gasteiger partial charge in [0.1, 0.15) is 0 Å². The molecule has 18 heavy (non-hydrogen) atoms. The molecular formula is C14H34O4. The number of rotatable bonds is 5. The molecule has 4 nitrogen and oxygen atoms in total. The third-order valence-electron chi connectivity index (χ3n) is 2.57. The molecule has 0 aromatic heterocycles. The topological polar surface area (TPSA) is 80.9 Å². The van der Waals surface area contributed by atoms with Crippen molar-refractivity contribution < 1.29 is 20.4 Å². The molecular weight excluding hydrogens is 232 g/mol. The van der Waals surface area contributed by atoms with E-state index in [2.05, 4.69) is 0 Å². The molecule has 4 N–H and O–H groups in total. The Bertz CT molecular complexity index is 78.3. The lowest BCUT2D eigenvalue weighted by Crippen LogP contribution is -1.85. The van der Waals surface area contributed by atoms with Crippen LogP contribution in [0.3, 0.4) is 0 Å². The molecule has 1 saturated carbocycles. The summed E-state index contributed by atoms with van der Waals surface area (Å²) in [7, 11) is 2.00. The molecule has 114 valence electrons. The Morgan fingerprint density at radius 2 is 0.722 bits per heavy atom. The molecule has 0 bridgehead atoms. The first-order valence-corrected chi connectivity index (χ1v) is 7.03. The highest BCUT2D eigenvalue weighted by atomic mass is 16.3. The summed E-state index contributed by atoms with van der Waals surface area (Å²) in [6, 6.07) is 0. The van der Waals surface area contributed by atoms with E-state index in [0.29, 0.717) is 0 Å². The van der Waals surface area contributed by atoms with Gasteiger partial charge in [-0.2, -0.15) is 0 Å². The zero-order chi connectivity index (χ0) is 14.5. The third kappa shape index (κ3) is 29.7. The highest BCUT2D eigenvalue weighted by Crippen LogP contribution is 2.15. The Hall–Kier alpha value is -0.160. The molecule has 0 saturated heterocycles. The molecule has 0 spiro atoms. The molecule has 0 aromatic carbocycles. The average Bonchev–Trinajstić information content (AvgIpc) is 2.50. The summed E-state index contributed by atoms with van der Waals surface area (Å²) in [6.45, 7) is 0.566. The van der Waals surface area contributed by atoms with Crippen molar-refractivity contribution in [3.63, 3.8) is 0 Å². The highest BCUT2D eigenvalue weighted by molar-refractivity contribution is 4.51. The molecule has 1 fully saturated rings. The van der Waals surface area contributed by atoms with Crippen LogP contribution in [-0.4, -0.2) is 47.9 Å². The van der Waals surface area contributed by atoms with E-state index < -0.39 is 0 Å². The zero-order valence-corrected chi connectivity index (χ0v) is 12.3. The molecule has 0 aliphatic heterocycles. The summed E-state index contributed by atoms with van der Waals surface area (Å²) in [6.07, 6.45) is 12.8. The fourth-order valence-electron chi connectivity index (χ4n) is 1.64. The lowest BCUT2D eigenvalue weighted by molar-refractivity contribution is 0.265. The van der Waals surface area contributed by atoms with Crippen molar-refractivity contribution in [1.82, 2.24) is 0 Å². The quantitative estimate of drug-likeness (QED) is 0.574. The van der Waals surface area contributed by atoms with Gasteiger partial charge in [-0.05, 0) is 12.8 Å². The predicted octanol–water partition coefficient (Wildman–Crippen LogP) is 2.09. The summed E-state index contributed by atoms with van der Waals surface area (Å²) in [5.41, 5.74) is 0.